The first-order chi connectivity index (χ1) is 9.60. The number of nitrogens with zero attached hydrogens (tertiary/aromatic N) is 1. The molecule has 0 aliphatic heterocycles. The lowest BCUT2D eigenvalue weighted by molar-refractivity contribution is -0.0153. The lowest BCUT2D eigenvalue weighted by Crippen LogP contribution is -2.61. The lowest BCUT2D eigenvalue weighted by atomic mass is 9.53. The molecular formula is C16H29N3O. The molecule has 0 saturated heterocycles. The van der Waals surface area contributed by atoms with Crippen LogP contribution < -0.4 is 10.6 Å². The Labute approximate surface area is 122 Å². The quantitative estimate of drug-likeness (QED) is 0.758. The summed E-state index contributed by atoms with van der Waals surface area (Å²) >= 11 is 0. The second kappa shape index (κ2) is 5.55. The molecule has 4 nitrogen and oxygen atoms in total. The monoisotopic (exact) mass is 279 g/mol. The summed E-state index contributed by atoms with van der Waals surface area (Å²) in [5.41, 5.74) is 0.142. The second-order valence-corrected chi connectivity index (χ2v) is 7.51. The number of amides is 2. The smallest absolute Gasteiger partial charge is 0.317 e. The molecular weight excluding hydrogens is 250 g/mol. The fourth-order valence-corrected chi connectivity index (χ4v) is 5.18. The Morgan fingerprint density at radius 1 is 1.15 bits per heavy atom. The van der Waals surface area contributed by atoms with Gasteiger partial charge in [0.05, 0.1) is 0 Å². The van der Waals surface area contributed by atoms with E-state index in [4.69, 9.17) is 0 Å². The minimum Gasteiger partial charge on any atom is -0.333 e. The van der Waals surface area contributed by atoms with Crippen LogP contribution >= 0.6 is 0 Å². The first-order valence-corrected chi connectivity index (χ1v) is 8.28. The van der Waals surface area contributed by atoms with Crippen LogP contribution in [0.25, 0.3) is 0 Å². The average Bonchev–Trinajstić information content (AvgIpc) is 2.36. The van der Waals surface area contributed by atoms with Crippen LogP contribution in [-0.2, 0) is 0 Å². The van der Waals surface area contributed by atoms with Gasteiger partial charge in [0.2, 0.25) is 0 Å². The summed E-state index contributed by atoms with van der Waals surface area (Å²) in [6.07, 6.45) is 8.98. The van der Waals surface area contributed by atoms with E-state index >= 15 is 0 Å². The standard InChI is InChI=1S/C16H29N3O/c1-17-4-3-5-19(2)15(20)18-16-9-12-6-13(10-16)8-14(7-12)11-16/h12-14,17H,3-11H2,1-2H3,(H,18,20). The summed E-state index contributed by atoms with van der Waals surface area (Å²) < 4.78 is 0. The van der Waals surface area contributed by atoms with Gasteiger partial charge in [-0.3, -0.25) is 0 Å². The normalized spacial score (nSPS) is 38.0. The van der Waals surface area contributed by atoms with Gasteiger partial charge in [-0.05, 0) is 76.3 Å². The maximum Gasteiger partial charge on any atom is 0.317 e. The van der Waals surface area contributed by atoms with Crippen molar-refractivity contribution in [2.24, 2.45) is 17.8 Å². The highest BCUT2D eigenvalue weighted by atomic mass is 16.2. The van der Waals surface area contributed by atoms with E-state index in [0.717, 1.165) is 37.3 Å². The topological polar surface area (TPSA) is 44.4 Å². The molecule has 20 heavy (non-hydrogen) atoms. The van der Waals surface area contributed by atoms with Crippen LogP contribution in [0.5, 0.6) is 0 Å². The van der Waals surface area contributed by atoms with E-state index in [0.29, 0.717) is 0 Å². The zero-order valence-electron chi connectivity index (χ0n) is 13.0. The number of nitrogens with one attached hydrogen (secondary N) is 2. The van der Waals surface area contributed by atoms with Crippen molar-refractivity contribution in [1.29, 1.82) is 0 Å². The molecule has 0 spiro atoms. The maximum atomic E-state index is 12.4. The highest BCUT2D eigenvalue weighted by Crippen LogP contribution is 2.55. The van der Waals surface area contributed by atoms with Gasteiger partial charge in [0.1, 0.15) is 0 Å². The predicted octanol–water partition coefficient (Wildman–Crippen LogP) is 2.21. The highest BCUT2D eigenvalue weighted by molar-refractivity contribution is 5.74. The zero-order valence-corrected chi connectivity index (χ0v) is 13.0. The van der Waals surface area contributed by atoms with Gasteiger partial charge in [-0.1, -0.05) is 0 Å². The van der Waals surface area contributed by atoms with E-state index in [1.807, 2.05) is 19.0 Å². The number of carbonyl (C=O) groups excluding carboxylic acids is 1. The van der Waals surface area contributed by atoms with Crippen LogP contribution in [0.1, 0.15) is 44.9 Å². The van der Waals surface area contributed by atoms with Crippen molar-refractivity contribution < 1.29 is 4.79 Å². The van der Waals surface area contributed by atoms with Crippen molar-refractivity contribution in [3.8, 4) is 0 Å². The fraction of sp³-hybridized carbons (Fsp3) is 0.938. The molecule has 4 bridgehead atoms. The van der Waals surface area contributed by atoms with Gasteiger partial charge < -0.3 is 15.5 Å². The minimum atomic E-state index is 0.142. The summed E-state index contributed by atoms with van der Waals surface area (Å²) in [5, 5.41) is 6.55. The molecule has 0 atom stereocenters. The largest absolute Gasteiger partial charge is 0.333 e. The summed E-state index contributed by atoms with van der Waals surface area (Å²) in [6.45, 7) is 1.80. The van der Waals surface area contributed by atoms with E-state index in [2.05, 4.69) is 10.6 Å². The molecule has 0 aromatic heterocycles. The Balaban J connectivity index is 1.55. The van der Waals surface area contributed by atoms with Gasteiger partial charge in [0.15, 0.2) is 0 Å². The molecule has 4 rings (SSSR count). The first-order valence-electron chi connectivity index (χ1n) is 8.28. The van der Waals surface area contributed by atoms with Gasteiger partial charge in [0.25, 0.3) is 0 Å². The second-order valence-electron chi connectivity index (χ2n) is 7.51. The Morgan fingerprint density at radius 2 is 1.70 bits per heavy atom. The fourth-order valence-electron chi connectivity index (χ4n) is 5.18. The Kier molecular flexibility index (Phi) is 3.93. The number of urea groups is 1. The van der Waals surface area contributed by atoms with Crippen molar-refractivity contribution in [2.75, 3.05) is 27.2 Å². The van der Waals surface area contributed by atoms with Gasteiger partial charge >= 0.3 is 6.03 Å². The van der Waals surface area contributed by atoms with Crippen LogP contribution in [0.3, 0.4) is 0 Å². The van der Waals surface area contributed by atoms with Gasteiger partial charge in [-0.2, -0.15) is 0 Å². The van der Waals surface area contributed by atoms with Gasteiger partial charge in [0, 0.05) is 19.1 Å². The zero-order chi connectivity index (χ0) is 14.2. The first kappa shape index (κ1) is 14.2. The lowest BCUT2D eigenvalue weighted by Gasteiger charge is -2.57. The van der Waals surface area contributed by atoms with Crippen LogP contribution in [0, 0.1) is 17.8 Å². The van der Waals surface area contributed by atoms with Crippen molar-refractivity contribution in [2.45, 2.75) is 50.5 Å². The molecule has 4 fully saturated rings. The molecule has 2 amide bonds. The number of rotatable bonds is 5. The molecule has 2 N–H and O–H groups in total. The van der Waals surface area contributed by atoms with E-state index in [1.54, 1.807) is 0 Å². The molecule has 114 valence electrons. The van der Waals surface area contributed by atoms with E-state index < -0.39 is 0 Å². The van der Waals surface area contributed by atoms with Crippen LogP contribution in [0.4, 0.5) is 4.79 Å². The van der Waals surface area contributed by atoms with Crippen molar-refractivity contribution >= 4 is 6.03 Å². The molecule has 0 radical (unpaired) electrons. The minimum absolute atomic E-state index is 0.142. The van der Waals surface area contributed by atoms with Crippen LogP contribution in [0.15, 0.2) is 0 Å². The molecule has 4 heteroatoms. The molecule has 0 unspecified atom stereocenters. The summed E-state index contributed by atoms with van der Waals surface area (Å²) in [5.74, 6) is 2.66. The highest BCUT2D eigenvalue weighted by Gasteiger charge is 2.51. The Morgan fingerprint density at radius 3 is 2.20 bits per heavy atom. The molecule has 0 aromatic carbocycles. The third-order valence-corrected chi connectivity index (χ3v) is 5.68. The molecule has 4 aliphatic carbocycles. The third-order valence-electron chi connectivity index (χ3n) is 5.68. The van der Waals surface area contributed by atoms with Crippen molar-refractivity contribution in [3.63, 3.8) is 0 Å². The Hall–Kier alpha value is -0.770. The summed E-state index contributed by atoms with van der Waals surface area (Å²) in [4.78, 5) is 14.3. The number of hydrogen-bond acceptors (Lipinski definition) is 2. The van der Waals surface area contributed by atoms with E-state index in [9.17, 15) is 4.79 Å². The predicted molar refractivity (Wildman–Crippen MR) is 80.6 cm³/mol. The van der Waals surface area contributed by atoms with Crippen LogP contribution in [0.2, 0.25) is 0 Å². The van der Waals surface area contributed by atoms with Gasteiger partial charge in [-0.25, -0.2) is 4.79 Å². The van der Waals surface area contributed by atoms with Crippen molar-refractivity contribution in [1.82, 2.24) is 15.5 Å². The number of hydrogen-bond donors (Lipinski definition) is 2. The van der Waals surface area contributed by atoms with Gasteiger partial charge in [-0.15, -0.1) is 0 Å². The summed E-state index contributed by atoms with van der Waals surface area (Å²) in [6, 6.07) is 0.142. The van der Waals surface area contributed by atoms with Crippen LogP contribution in [-0.4, -0.2) is 43.7 Å². The SMILES string of the molecule is CNCCCN(C)C(=O)NC12CC3CC(CC(C3)C1)C2. The van der Waals surface area contributed by atoms with Crippen molar-refractivity contribution in [3.05, 3.63) is 0 Å². The molecule has 4 aliphatic rings. The molecule has 0 aromatic rings. The molecule has 0 heterocycles. The Bertz CT molecular complexity index is 333. The molecule has 4 saturated carbocycles. The maximum absolute atomic E-state index is 12.4. The third kappa shape index (κ3) is 2.80. The van der Waals surface area contributed by atoms with E-state index in [1.165, 1.54) is 38.5 Å². The summed E-state index contributed by atoms with van der Waals surface area (Å²) in [7, 11) is 3.88. The van der Waals surface area contributed by atoms with E-state index in [-0.39, 0.29) is 11.6 Å². The average molecular weight is 279 g/mol. The number of carbonyl (C=O) groups is 1.